The maximum absolute atomic E-state index is 12.1. The number of carbonyl (C=O) groups excluding carboxylic acids is 1. The van der Waals surface area contributed by atoms with Crippen molar-refractivity contribution in [3.05, 3.63) is 29.3 Å². The Hall–Kier alpha value is -1.39. The van der Waals surface area contributed by atoms with Gasteiger partial charge in [-0.15, -0.1) is 0 Å². The van der Waals surface area contributed by atoms with E-state index in [2.05, 4.69) is 36.6 Å². The predicted molar refractivity (Wildman–Crippen MR) is 81.1 cm³/mol. The quantitative estimate of drug-likeness (QED) is 0.837. The summed E-state index contributed by atoms with van der Waals surface area (Å²) in [6, 6.07) is 6.17. The molecule has 1 aromatic rings. The monoisotopic (exact) mass is 276 g/mol. The maximum atomic E-state index is 12.1. The van der Waals surface area contributed by atoms with E-state index in [1.165, 1.54) is 11.1 Å². The molecule has 0 saturated carbocycles. The lowest BCUT2D eigenvalue weighted by atomic mass is 10.0. The van der Waals surface area contributed by atoms with E-state index in [4.69, 9.17) is 4.74 Å². The summed E-state index contributed by atoms with van der Waals surface area (Å²) in [5.74, 6) is -0.0753. The van der Waals surface area contributed by atoms with Crippen LogP contribution in [0.2, 0.25) is 0 Å². The molecule has 1 heterocycles. The second kappa shape index (κ2) is 6.37. The van der Waals surface area contributed by atoms with Gasteiger partial charge in [0.05, 0.1) is 5.60 Å². The highest BCUT2D eigenvalue weighted by atomic mass is 16.5. The van der Waals surface area contributed by atoms with E-state index in [0.717, 1.165) is 31.6 Å². The molecule has 1 amide bonds. The van der Waals surface area contributed by atoms with Gasteiger partial charge in [-0.25, -0.2) is 0 Å². The second-order valence-corrected chi connectivity index (χ2v) is 5.55. The van der Waals surface area contributed by atoms with Gasteiger partial charge in [-0.2, -0.15) is 0 Å². The number of anilines is 1. The van der Waals surface area contributed by atoms with Crippen LogP contribution in [0.25, 0.3) is 0 Å². The molecule has 2 N–H and O–H groups in total. The lowest BCUT2D eigenvalue weighted by molar-refractivity contribution is -0.130. The third kappa shape index (κ3) is 3.38. The summed E-state index contributed by atoms with van der Waals surface area (Å²) >= 11 is 0. The Morgan fingerprint density at radius 1 is 1.30 bits per heavy atom. The number of nitrogens with one attached hydrogen (secondary N) is 2. The minimum absolute atomic E-state index is 0.0753. The predicted octanol–water partition coefficient (Wildman–Crippen LogP) is 2.13. The fourth-order valence-corrected chi connectivity index (χ4v) is 2.40. The highest BCUT2D eigenvalue weighted by molar-refractivity contribution is 5.93. The Balaban J connectivity index is 1.99. The third-order valence-corrected chi connectivity index (χ3v) is 3.81. The Morgan fingerprint density at radius 3 is 2.35 bits per heavy atom. The fraction of sp³-hybridized carbons (Fsp3) is 0.562. The van der Waals surface area contributed by atoms with E-state index in [0.29, 0.717) is 0 Å². The van der Waals surface area contributed by atoms with Crippen molar-refractivity contribution in [2.45, 2.75) is 39.2 Å². The van der Waals surface area contributed by atoms with Crippen LogP contribution in [0.3, 0.4) is 0 Å². The largest absolute Gasteiger partial charge is 0.363 e. The van der Waals surface area contributed by atoms with Gasteiger partial charge >= 0.3 is 0 Å². The first-order valence-corrected chi connectivity index (χ1v) is 7.33. The highest BCUT2D eigenvalue weighted by Crippen LogP contribution is 2.23. The Morgan fingerprint density at radius 2 is 1.90 bits per heavy atom. The normalized spacial score (nSPS) is 16.6. The minimum atomic E-state index is -0.185. The van der Waals surface area contributed by atoms with Crippen LogP contribution in [0.1, 0.15) is 31.9 Å². The van der Waals surface area contributed by atoms with Gasteiger partial charge in [-0.3, -0.25) is 4.79 Å². The van der Waals surface area contributed by atoms with E-state index in [-0.39, 0.29) is 18.1 Å². The van der Waals surface area contributed by atoms with Crippen molar-refractivity contribution in [3.63, 3.8) is 0 Å². The van der Waals surface area contributed by atoms with Crippen molar-refractivity contribution in [2.75, 3.05) is 25.0 Å². The van der Waals surface area contributed by atoms with E-state index in [1.54, 1.807) is 0 Å². The molecule has 20 heavy (non-hydrogen) atoms. The molecule has 1 fully saturated rings. The number of aryl methyl sites for hydroxylation is 2. The van der Waals surface area contributed by atoms with Crippen LogP contribution in [-0.4, -0.2) is 31.2 Å². The van der Waals surface area contributed by atoms with Crippen LogP contribution >= 0.6 is 0 Å². The number of hydrogen-bond donors (Lipinski definition) is 2. The van der Waals surface area contributed by atoms with Gasteiger partial charge < -0.3 is 15.4 Å². The molecule has 0 atom stereocenters. The summed E-state index contributed by atoms with van der Waals surface area (Å²) in [5.41, 5.74) is 3.13. The van der Waals surface area contributed by atoms with E-state index in [9.17, 15) is 4.79 Å². The molecule has 0 aliphatic carbocycles. The average molecular weight is 276 g/mol. The number of amides is 1. The first-order chi connectivity index (χ1) is 9.58. The summed E-state index contributed by atoms with van der Waals surface area (Å²) in [5, 5.41) is 6.17. The molecule has 0 aromatic heterocycles. The number of ether oxygens (including phenoxy) is 1. The molecule has 1 aromatic carbocycles. The number of benzene rings is 1. The lowest BCUT2D eigenvalue weighted by Gasteiger charge is -2.38. The number of rotatable bonds is 6. The molecular formula is C16H24N2O2. The van der Waals surface area contributed by atoms with Crippen molar-refractivity contribution in [2.24, 2.45) is 0 Å². The number of carbonyl (C=O) groups is 1. The van der Waals surface area contributed by atoms with Crippen LogP contribution in [0.5, 0.6) is 0 Å². The van der Waals surface area contributed by atoms with Crippen LogP contribution in [-0.2, 0) is 22.4 Å². The zero-order valence-electron chi connectivity index (χ0n) is 12.6. The summed E-state index contributed by atoms with van der Waals surface area (Å²) in [6.07, 6.45) is 1.82. The molecule has 1 aliphatic rings. The summed E-state index contributed by atoms with van der Waals surface area (Å²) in [6.45, 7) is 7.95. The molecule has 1 saturated heterocycles. The highest BCUT2D eigenvalue weighted by Gasteiger charge is 2.33. The van der Waals surface area contributed by atoms with Gasteiger partial charge in [0.25, 0.3) is 0 Å². The van der Waals surface area contributed by atoms with Crippen molar-refractivity contribution in [3.8, 4) is 0 Å². The molecule has 0 bridgehead atoms. The molecule has 0 unspecified atom stereocenters. The molecule has 0 radical (unpaired) electrons. The van der Waals surface area contributed by atoms with Gasteiger partial charge in [0, 0.05) is 18.8 Å². The first kappa shape index (κ1) is 15.0. The smallest absolute Gasteiger partial charge is 0.250 e. The lowest BCUT2D eigenvalue weighted by Crippen LogP contribution is -2.59. The third-order valence-electron chi connectivity index (χ3n) is 3.81. The van der Waals surface area contributed by atoms with Crippen LogP contribution in [0, 0.1) is 0 Å². The molecule has 110 valence electrons. The standard InChI is InChI=1S/C16H24N2O2/c1-4-12-7-6-8-13(5-2)15(12)18-14(19)9-20-16(3)10-17-11-16/h6-8,17H,4-5,9-11H2,1-3H3,(H,18,19). The van der Waals surface area contributed by atoms with Gasteiger partial charge in [0.1, 0.15) is 6.61 Å². The molecule has 1 aliphatic heterocycles. The number of hydrogen-bond acceptors (Lipinski definition) is 3. The molecular weight excluding hydrogens is 252 g/mol. The molecule has 2 rings (SSSR count). The zero-order chi connectivity index (χ0) is 14.6. The summed E-state index contributed by atoms with van der Waals surface area (Å²) < 4.78 is 5.67. The molecule has 0 spiro atoms. The SMILES string of the molecule is CCc1cccc(CC)c1NC(=O)COC1(C)CNC1. The molecule has 4 nitrogen and oxygen atoms in total. The van der Waals surface area contributed by atoms with Crippen LogP contribution in [0.15, 0.2) is 18.2 Å². The van der Waals surface area contributed by atoms with Crippen molar-refractivity contribution in [1.29, 1.82) is 0 Å². The Kier molecular flexibility index (Phi) is 4.78. The first-order valence-electron chi connectivity index (χ1n) is 7.33. The van der Waals surface area contributed by atoms with Gasteiger partial charge in [0.2, 0.25) is 5.91 Å². The van der Waals surface area contributed by atoms with Gasteiger partial charge in [-0.1, -0.05) is 32.0 Å². The van der Waals surface area contributed by atoms with Crippen LogP contribution < -0.4 is 10.6 Å². The van der Waals surface area contributed by atoms with Crippen molar-refractivity contribution < 1.29 is 9.53 Å². The summed E-state index contributed by atoms with van der Waals surface area (Å²) in [4.78, 5) is 12.1. The van der Waals surface area contributed by atoms with E-state index >= 15 is 0 Å². The minimum Gasteiger partial charge on any atom is -0.363 e. The average Bonchev–Trinajstić information content (AvgIpc) is 2.43. The Bertz CT molecular complexity index is 459. The second-order valence-electron chi connectivity index (χ2n) is 5.55. The number of para-hydroxylation sites is 1. The van der Waals surface area contributed by atoms with Crippen LogP contribution in [0.4, 0.5) is 5.69 Å². The fourth-order valence-electron chi connectivity index (χ4n) is 2.40. The topological polar surface area (TPSA) is 50.4 Å². The van der Waals surface area contributed by atoms with Crippen molar-refractivity contribution in [1.82, 2.24) is 5.32 Å². The molecule has 4 heteroatoms. The van der Waals surface area contributed by atoms with E-state index < -0.39 is 0 Å². The maximum Gasteiger partial charge on any atom is 0.250 e. The Labute approximate surface area is 120 Å². The summed E-state index contributed by atoms with van der Waals surface area (Å²) in [7, 11) is 0. The zero-order valence-corrected chi connectivity index (χ0v) is 12.6. The van der Waals surface area contributed by atoms with E-state index in [1.807, 2.05) is 13.0 Å². The van der Waals surface area contributed by atoms with Gasteiger partial charge in [-0.05, 0) is 30.9 Å². The van der Waals surface area contributed by atoms with Crippen molar-refractivity contribution >= 4 is 11.6 Å². The van der Waals surface area contributed by atoms with Gasteiger partial charge in [0.15, 0.2) is 0 Å².